The highest BCUT2D eigenvalue weighted by molar-refractivity contribution is 7.10. The van der Waals surface area contributed by atoms with Crippen molar-refractivity contribution >= 4 is 29.1 Å². The van der Waals surface area contributed by atoms with E-state index in [4.69, 9.17) is 0 Å². The van der Waals surface area contributed by atoms with Crippen LogP contribution in [0.5, 0.6) is 0 Å². The molecule has 1 aromatic heterocycles. The number of hydrogen-bond acceptors (Lipinski definition) is 4. The molecule has 0 unspecified atom stereocenters. The number of amides is 3. The van der Waals surface area contributed by atoms with Gasteiger partial charge in [-0.25, -0.2) is 0 Å². The molecular weight excluding hydrogens is 372 g/mol. The van der Waals surface area contributed by atoms with Crippen LogP contribution in [-0.4, -0.2) is 29.2 Å². The molecule has 0 radical (unpaired) electrons. The molecule has 3 amide bonds. The van der Waals surface area contributed by atoms with Crippen molar-refractivity contribution < 1.29 is 14.4 Å². The SMILES string of the molecule is O=C(CN1C(=O)Cc2ccccc2C1=O)N[C@@H](c1ccccc1)c1cccs1. The number of nitrogens with zero attached hydrogens (tertiary/aromatic N) is 1. The Morgan fingerprint density at radius 3 is 2.50 bits per heavy atom. The molecule has 0 aliphatic carbocycles. The molecule has 1 aliphatic heterocycles. The predicted octanol–water partition coefficient (Wildman–Crippen LogP) is 3.18. The summed E-state index contributed by atoms with van der Waals surface area (Å²) >= 11 is 1.54. The van der Waals surface area contributed by atoms with Gasteiger partial charge in [-0.15, -0.1) is 11.3 Å². The molecule has 0 saturated carbocycles. The van der Waals surface area contributed by atoms with E-state index in [1.807, 2.05) is 47.8 Å². The number of carbonyl (C=O) groups excluding carboxylic acids is 3. The molecule has 0 bridgehead atoms. The van der Waals surface area contributed by atoms with Gasteiger partial charge in [0.1, 0.15) is 6.54 Å². The van der Waals surface area contributed by atoms with Crippen molar-refractivity contribution in [1.82, 2.24) is 10.2 Å². The van der Waals surface area contributed by atoms with Gasteiger partial charge < -0.3 is 5.32 Å². The number of imide groups is 1. The van der Waals surface area contributed by atoms with Crippen LogP contribution in [0.15, 0.2) is 72.1 Å². The fourth-order valence-electron chi connectivity index (χ4n) is 3.33. The first-order valence-corrected chi connectivity index (χ1v) is 9.82. The summed E-state index contributed by atoms with van der Waals surface area (Å²) in [7, 11) is 0. The minimum Gasteiger partial charge on any atom is -0.343 e. The highest BCUT2D eigenvalue weighted by Gasteiger charge is 2.32. The molecule has 140 valence electrons. The molecule has 5 nitrogen and oxygen atoms in total. The Morgan fingerprint density at radius 1 is 1.00 bits per heavy atom. The molecule has 1 aliphatic rings. The number of nitrogens with one attached hydrogen (secondary N) is 1. The molecule has 0 spiro atoms. The van der Waals surface area contributed by atoms with Gasteiger partial charge in [-0.3, -0.25) is 19.3 Å². The molecule has 1 N–H and O–H groups in total. The summed E-state index contributed by atoms with van der Waals surface area (Å²) in [6, 6.07) is 20.2. The summed E-state index contributed by atoms with van der Waals surface area (Å²) in [6.07, 6.45) is 0.127. The van der Waals surface area contributed by atoms with Crippen LogP contribution in [0.25, 0.3) is 0 Å². The maximum atomic E-state index is 12.7. The van der Waals surface area contributed by atoms with E-state index in [1.165, 1.54) is 0 Å². The zero-order chi connectivity index (χ0) is 19.5. The van der Waals surface area contributed by atoms with Crippen molar-refractivity contribution in [3.8, 4) is 0 Å². The van der Waals surface area contributed by atoms with E-state index in [0.717, 1.165) is 15.3 Å². The van der Waals surface area contributed by atoms with Crippen LogP contribution < -0.4 is 5.32 Å². The van der Waals surface area contributed by atoms with Crippen molar-refractivity contribution in [3.05, 3.63) is 93.7 Å². The van der Waals surface area contributed by atoms with E-state index in [0.29, 0.717) is 11.1 Å². The maximum Gasteiger partial charge on any atom is 0.261 e. The summed E-state index contributed by atoms with van der Waals surface area (Å²) in [4.78, 5) is 39.9. The Morgan fingerprint density at radius 2 is 1.75 bits per heavy atom. The molecule has 2 aromatic carbocycles. The molecule has 2 heterocycles. The molecule has 0 fully saturated rings. The molecule has 4 rings (SSSR count). The Labute approximate surface area is 166 Å². The number of fused-ring (bicyclic) bond motifs is 1. The van der Waals surface area contributed by atoms with Crippen LogP contribution in [0, 0.1) is 0 Å². The largest absolute Gasteiger partial charge is 0.343 e. The average Bonchev–Trinajstić information content (AvgIpc) is 3.24. The van der Waals surface area contributed by atoms with Gasteiger partial charge in [-0.2, -0.15) is 0 Å². The summed E-state index contributed by atoms with van der Waals surface area (Å²) in [6.45, 7) is -0.291. The third-order valence-corrected chi connectivity index (χ3v) is 5.64. The Kier molecular flexibility index (Phi) is 5.04. The molecule has 1 atom stereocenters. The van der Waals surface area contributed by atoms with Crippen LogP contribution in [0.1, 0.15) is 32.4 Å². The van der Waals surface area contributed by atoms with Gasteiger partial charge >= 0.3 is 0 Å². The van der Waals surface area contributed by atoms with Gasteiger partial charge in [0.25, 0.3) is 5.91 Å². The lowest BCUT2D eigenvalue weighted by Crippen LogP contribution is -2.48. The smallest absolute Gasteiger partial charge is 0.261 e. The Hall–Kier alpha value is -3.25. The van der Waals surface area contributed by atoms with Crippen LogP contribution in [-0.2, 0) is 16.0 Å². The molecule has 6 heteroatoms. The zero-order valence-electron chi connectivity index (χ0n) is 15.0. The fraction of sp³-hybridized carbons (Fsp3) is 0.136. The van der Waals surface area contributed by atoms with Gasteiger partial charge in [0.05, 0.1) is 12.5 Å². The second kappa shape index (κ2) is 7.78. The summed E-state index contributed by atoms with van der Waals surface area (Å²) in [5.74, 6) is -1.15. The lowest BCUT2D eigenvalue weighted by molar-refractivity contribution is -0.133. The summed E-state index contributed by atoms with van der Waals surface area (Å²) in [5.41, 5.74) is 2.13. The molecule has 28 heavy (non-hydrogen) atoms. The van der Waals surface area contributed by atoms with E-state index in [-0.39, 0.29) is 30.8 Å². The first-order valence-electron chi connectivity index (χ1n) is 8.94. The third kappa shape index (κ3) is 3.59. The summed E-state index contributed by atoms with van der Waals surface area (Å²) < 4.78 is 0. The second-order valence-corrected chi connectivity index (χ2v) is 7.52. The number of hydrogen-bond donors (Lipinski definition) is 1. The van der Waals surface area contributed by atoms with Crippen LogP contribution in [0.4, 0.5) is 0 Å². The van der Waals surface area contributed by atoms with E-state index < -0.39 is 5.91 Å². The lowest BCUT2D eigenvalue weighted by Gasteiger charge is -2.27. The highest BCUT2D eigenvalue weighted by atomic mass is 32.1. The number of benzene rings is 2. The first kappa shape index (κ1) is 18.1. The van der Waals surface area contributed by atoms with Gasteiger partial charge in [-0.05, 0) is 28.6 Å². The van der Waals surface area contributed by atoms with Crippen molar-refractivity contribution in [2.24, 2.45) is 0 Å². The monoisotopic (exact) mass is 390 g/mol. The average molecular weight is 390 g/mol. The second-order valence-electron chi connectivity index (χ2n) is 6.55. The van der Waals surface area contributed by atoms with Crippen molar-refractivity contribution in [2.75, 3.05) is 6.54 Å². The Balaban J connectivity index is 1.53. The third-order valence-electron chi connectivity index (χ3n) is 4.70. The fourth-order valence-corrected chi connectivity index (χ4v) is 4.13. The summed E-state index contributed by atoms with van der Waals surface area (Å²) in [5, 5.41) is 4.92. The van der Waals surface area contributed by atoms with Crippen molar-refractivity contribution in [1.29, 1.82) is 0 Å². The quantitative estimate of drug-likeness (QED) is 0.681. The van der Waals surface area contributed by atoms with Gasteiger partial charge in [0, 0.05) is 10.4 Å². The normalized spacial score (nSPS) is 14.5. The van der Waals surface area contributed by atoms with Crippen molar-refractivity contribution in [3.63, 3.8) is 0 Å². The topological polar surface area (TPSA) is 66.5 Å². The van der Waals surface area contributed by atoms with Gasteiger partial charge in [0.2, 0.25) is 11.8 Å². The number of carbonyl (C=O) groups is 3. The minimum absolute atomic E-state index is 0.127. The van der Waals surface area contributed by atoms with E-state index in [2.05, 4.69) is 5.32 Å². The predicted molar refractivity (Wildman–Crippen MR) is 107 cm³/mol. The standard InChI is InChI=1S/C22H18N2O3S/c25-19(14-24-20(26)13-16-9-4-5-10-17(16)22(24)27)23-21(18-11-6-12-28-18)15-7-2-1-3-8-15/h1-12,21H,13-14H2,(H,23,25)/t21-/m0/s1. The first-order chi connectivity index (χ1) is 13.6. The molecular formula is C22H18N2O3S. The lowest BCUT2D eigenvalue weighted by atomic mass is 9.98. The van der Waals surface area contributed by atoms with Gasteiger partial charge in [-0.1, -0.05) is 54.6 Å². The number of rotatable bonds is 5. The molecule has 3 aromatic rings. The van der Waals surface area contributed by atoms with Crippen LogP contribution in [0.2, 0.25) is 0 Å². The van der Waals surface area contributed by atoms with Crippen molar-refractivity contribution in [2.45, 2.75) is 12.5 Å². The van der Waals surface area contributed by atoms with Crippen LogP contribution in [0.3, 0.4) is 0 Å². The van der Waals surface area contributed by atoms with E-state index in [1.54, 1.807) is 35.6 Å². The number of thiophene rings is 1. The maximum absolute atomic E-state index is 12.7. The highest BCUT2D eigenvalue weighted by Crippen LogP contribution is 2.26. The Bertz CT molecular complexity index is 1020. The van der Waals surface area contributed by atoms with E-state index in [9.17, 15) is 14.4 Å². The zero-order valence-corrected chi connectivity index (χ0v) is 15.8. The molecule has 0 saturated heterocycles. The van der Waals surface area contributed by atoms with Gasteiger partial charge in [0.15, 0.2) is 0 Å². The minimum atomic E-state index is -0.422. The van der Waals surface area contributed by atoms with Crippen LogP contribution >= 0.6 is 11.3 Å². The van der Waals surface area contributed by atoms with E-state index >= 15 is 0 Å².